The summed E-state index contributed by atoms with van der Waals surface area (Å²) in [5.41, 5.74) is 0.748. The average Bonchev–Trinajstić information content (AvgIpc) is 3.17. The molecule has 1 fully saturated rings. The third kappa shape index (κ3) is 1.67. The molecular weight excluding hydrogens is 286 g/mol. The highest BCUT2D eigenvalue weighted by molar-refractivity contribution is 6.21. The Hall–Kier alpha value is -2.47. The van der Waals surface area contributed by atoms with Crippen LogP contribution in [0.3, 0.4) is 0 Å². The lowest BCUT2D eigenvalue weighted by atomic mass is 9.82. The van der Waals surface area contributed by atoms with Crippen LogP contribution in [0, 0.1) is 11.8 Å². The zero-order valence-electron chi connectivity index (χ0n) is 11.5. The van der Waals surface area contributed by atoms with E-state index in [-0.39, 0.29) is 24.5 Å². The highest BCUT2D eigenvalue weighted by Crippen LogP contribution is 2.40. The second kappa shape index (κ2) is 4.51. The summed E-state index contributed by atoms with van der Waals surface area (Å²) in [5, 5.41) is 9.38. The van der Waals surface area contributed by atoms with E-state index in [0.717, 1.165) is 4.90 Å². The van der Waals surface area contributed by atoms with Gasteiger partial charge in [-0.15, -0.1) is 0 Å². The molecule has 22 heavy (non-hydrogen) atoms. The van der Waals surface area contributed by atoms with Crippen molar-refractivity contribution < 1.29 is 24.2 Å². The molecule has 1 N–H and O–H groups in total. The van der Waals surface area contributed by atoms with Gasteiger partial charge in [0.1, 0.15) is 0 Å². The minimum absolute atomic E-state index is 0.0643. The van der Waals surface area contributed by atoms with Crippen LogP contribution in [0.5, 0.6) is 0 Å². The van der Waals surface area contributed by atoms with Crippen molar-refractivity contribution in [3.8, 4) is 0 Å². The number of carbonyl (C=O) groups excluding carboxylic acids is 2. The number of rotatable bonds is 3. The number of benzene rings is 1. The lowest BCUT2D eigenvalue weighted by molar-refractivity contribution is -0.144. The molecule has 2 amide bonds. The van der Waals surface area contributed by atoms with Gasteiger partial charge in [0.15, 0.2) is 0 Å². The summed E-state index contributed by atoms with van der Waals surface area (Å²) in [5.74, 6) is -2.82. The van der Waals surface area contributed by atoms with E-state index < -0.39 is 23.9 Å². The number of ether oxygens (including phenoxy) is 1. The Kier molecular flexibility index (Phi) is 2.71. The van der Waals surface area contributed by atoms with E-state index in [9.17, 15) is 19.5 Å². The monoisotopic (exact) mass is 299 g/mol. The van der Waals surface area contributed by atoms with Gasteiger partial charge in [-0.2, -0.15) is 0 Å². The van der Waals surface area contributed by atoms with Crippen LogP contribution in [0.1, 0.15) is 20.7 Å². The van der Waals surface area contributed by atoms with Crippen molar-refractivity contribution in [3.05, 3.63) is 47.5 Å². The number of amides is 2. The number of aliphatic carboxylic acids is 1. The van der Waals surface area contributed by atoms with E-state index in [2.05, 4.69) is 0 Å². The fraction of sp³-hybridized carbons (Fsp3) is 0.312. The van der Waals surface area contributed by atoms with Gasteiger partial charge in [-0.1, -0.05) is 24.3 Å². The van der Waals surface area contributed by atoms with Crippen molar-refractivity contribution in [1.29, 1.82) is 0 Å². The van der Waals surface area contributed by atoms with Crippen LogP contribution in [0.25, 0.3) is 0 Å². The maximum atomic E-state index is 12.4. The minimum atomic E-state index is -0.960. The first kappa shape index (κ1) is 13.2. The number of hydrogen-bond donors (Lipinski definition) is 1. The topological polar surface area (TPSA) is 83.9 Å². The number of hydrogen-bond acceptors (Lipinski definition) is 4. The molecule has 4 rings (SSSR count). The van der Waals surface area contributed by atoms with Gasteiger partial charge in [0.05, 0.1) is 29.3 Å². The molecule has 3 aliphatic heterocycles. The van der Waals surface area contributed by atoms with Crippen LogP contribution in [-0.2, 0) is 9.53 Å². The molecule has 0 spiro atoms. The molecule has 6 nitrogen and oxygen atoms in total. The van der Waals surface area contributed by atoms with Crippen LogP contribution in [0.4, 0.5) is 0 Å². The molecule has 1 aromatic carbocycles. The van der Waals surface area contributed by atoms with Gasteiger partial charge in [-0.25, -0.2) is 0 Å². The molecule has 0 aromatic heterocycles. The highest BCUT2D eigenvalue weighted by atomic mass is 16.5. The molecule has 112 valence electrons. The molecule has 0 aliphatic carbocycles. The zero-order chi connectivity index (χ0) is 15.4. The Labute approximate surface area is 126 Å². The van der Waals surface area contributed by atoms with Crippen LogP contribution in [0.15, 0.2) is 36.4 Å². The number of nitrogens with zero attached hydrogens (tertiary/aromatic N) is 1. The number of carbonyl (C=O) groups is 3. The number of imide groups is 1. The standard InChI is InChI=1S/C16H13NO5/c18-14-8-3-1-2-4-9(8)15(19)17(14)7-10-11-5-6-12(22-11)13(10)16(20)21/h1-6,10-13H,7H2,(H,20,21). The van der Waals surface area contributed by atoms with Crippen LogP contribution in [0.2, 0.25) is 0 Å². The van der Waals surface area contributed by atoms with E-state index in [1.807, 2.05) is 6.08 Å². The summed E-state index contributed by atoms with van der Waals surface area (Å²) in [4.78, 5) is 37.3. The summed E-state index contributed by atoms with van der Waals surface area (Å²) in [6, 6.07) is 6.64. The summed E-state index contributed by atoms with van der Waals surface area (Å²) < 4.78 is 5.58. The Balaban J connectivity index is 1.63. The molecule has 0 saturated carbocycles. The summed E-state index contributed by atoms with van der Waals surface area (Å²) in [6.45, 7) is 0.0643. The van der Waals surface area contributed by atoms with E-state index >= 15 is 0 Å². The summed E-state index contributed by atoms with van der Waals surface area (Å²) in [7, 11) is 0. The van der Waals surface area contributed by atoms with Crippen molar-refractivity contribution in [3.63, 3.8) is 0 Å². The van der Waals surface area contributed by atoms with Gasteiger partial charge in [0.25, 0.3) is 11.8 Å². The van der Waals surface area contributed by atoms with Crippen LogP contribution < -0.4 is 0 Å². The molecule has 2 bridgehead atoms. The minimum Gasteiger partial charge on any atom is -0.481 e. The molecular formula is C16H13NO5. The lowest BCUT2D eigenvalue weighted by Crippen LogP contribution is -2.42. The number of fused-ring (bicyclic) bond motifs is 3. The normalized spacial score (nSPS) is 31.9. The smallest absolute Gasteiger partial charge is 0.309 e. The first-order valence-corrected chi connectivity index (χ1v) is 7.10. The number of carboxylic acids is 1. The van der Waals surface area contributed by atoms with Crippen LogP contribution >= 0.6 is 0 Å². The molecule has 0 radical (unpaired) electrons. The maximum absolute atomic E-state index is 12.4. The van der Waals surface area contributed by atoms with E-state index in [1.54, 1.807) is 30.3 Å². The zero-order valence-corrected chi connectivity index (χ0v) is 11.5. The third-order valence-corrected chi connectivity index (χ3v) is 4.60. The molecule has 4 unspecified atom stereocenters. The maximum Gasteiger partial charge on any atom is 0.309 e. The molecule has 1 aromatic rings. The summed E-state index contributed by atoms with van der Waals surface area (Å²) >= 11 is 0. The van der Waals surface area contributed by atoms with E-state index in [0.29, 0.717) is 11.1 Å². The second-order valence-corrected chi connectivity index (χ2v) is 5.74. The van der Waals surface area contributed by atoms with Gasteiger partial charge in [-0.3, -0.25) is 19.3 Å². The predicted molar refractivity (Wildman–Crippen MR) is 74.2 cm³/mol. The van der Waals surface area contributed by atoms with Gasteiger partial charge < -0.3 is 9.84 Å². The molecule has 6 heteroatoms. The van der Waals surface area contributed by atoms with E-state index in [4.69, 9.17) is 4.74 Å². The Morgan fingerprint density at radius 2 is 1.68 bits per heavy atom. The first-order valence-electron chi connectivity index (χ1n) is 7.10. The second-order valence-electron chi connectivity index (χ2n) is 5.74. The van der Waals surface area contributed by atoms with Crippen molar-refractivity contribution in [2.24, 2.45) is 11.8 Å². The van der Waals surface area contributed by atoms with Gasteiger partial charge >= 0.3 is 5.97 Å². The van der Waals surface area contributed by atoms with Gasteiger partial charge in [-0.05, 0) is 12.1 Å². The fourth-order valence-electron chi connectivity index (χ4n) is 3.54. The highest BCUT2D eigenvalue weighted by Gasteiger charge is 2.51. The predicted octanol–water partition coefficient (Wildman–Crippen LogP) is 0.937. The molecule has 4 atom stereocenters. The molecule has 3 aliphatic rings. The van der Waals surface area contributed by atoms with Crippen molar-refractivity contribution in [2.45, 2.75) is 12.2 Å². The van der Waals surface area contributed by atoms with Crippen molar-refractivity contribution in [2.75, 3.05) is 6.54 Å². The van der Waals surface area contributed by atoms with E-state index in [1.165, 1.54) is 0 Å². The third-order valence-electron chi connectivity index (χ3n) is 4.60. The Morgan fingerprint density at radius 1 is 1.09 bits per heavy atom. The average molecular weight is 299 g/mol. The molecule has 1 saturated heterocycles. The largest absolute Gasteiger partial charge is 0.481 e. The Morgan fingerprint density at radius 3 is 2.27 bits per heavy atom. The summed E-state index contributed by atoms with van der Waals surface area (Å²) in [6.07, 6.45) is 2.73. The van der Waals surface area contributed by atoms with Gasteiger partial charge in [0.2, 0.25) is 0 Å². The van der Waals surface area contributed by atoms with Crippen molar-refractivity contribution >= 4 is 17.8 Å². The molecule has 3 heterocycles. The SMILES string of the molecule is O=C(O)C1C2C=CC(O2)C1CN1C(=O)c2ccccc2C1=O. The lowest BCUT2D eigenvalue weighted by Gasteiger charge is -2.25. The fourth-order valence-corrected chi connectivity index (χ4v) is 3.54. The Bertz CT molecular complexity index is 690. The quantitative estimate of drug-likeness (QED) is 0.663. The van der Waals surface area contributed by atoms with Crippen molar-refractivity contribution in [1.82, 2.24) is 4.90 Å². The van der Waals surface area contributed by atoms with Crippen LogP contribution in [-0.4, -0.2) is 46.5 Å². The number of carboxylic acid groups (broad SMARTS) is 1. The first-order chi connectivity index (χ1) is 10.6. The van der Waals surface area contributed by atoms with Gasteiger partial charge in [0, 0.05) is 12.5 Å².